The summed E-state index contributed by atoms with van der Waals surface area (Å²) in [6, 6.07) is 23.3. The molecular formula is C24H25N5O2. The Morgan fingerprint density at radius 3 is 2.23 bits per heavy atom. The molecule has 3 aromatic rings. The lowest BCUT2D eigenvalue weighted by Gasteiger charge is -2.14. The SMILES string of the molecule is CC(Cc1ccc(NC(=O)c2cccc(N=C(N)N)c2)cc1)NC(=O)c1ccccc1. The van der Waals surface area contributed by atoms with E-state index in [0.29, 0.717) is 28.9 Å². The Hall–Kier alpha value is -4.13. The smallest absolute Gasteiger partial charge is 0.255 e. The number of benzene rings is 3. The molecule has 0 aliphatic heterocycles. The summed E-state index contributed by atoms with van der Waals surface area (Å²) in [5.74, 6) is -0.425. The molecule has 0 saturated carbocycles. The third-order valence-corrected chi connectivity index (χ3v) is 4.53. The molecule has 0 aliphatic carbocycles. The number of carbonyl (C=O) groups excluding carboxylic acids is 2. The van der Waals surface area contributed by atoms with E-state index in [9.17, 15) is 9.59 Å². The predicted octanol–water partition coefficient (Wildman–Crippen LogP) is 3.20. The Kier molecular flexibility index (Phi) is 7.01. The first kappa shape index (κ1) is 21.6. The lowest BCUT2D eigenvalue weighted by molar-refractivity contribution is 0.0939. The van der Waals surface area contributed by atoms with E-state index < -0.39 is 0 Å². The van der Waals surface area contributed by atoms with E-state index in [1.807, 2.05) is 49.4 Å². The minimum Gasteiger partial charge on any atom is -0.370 e. The van der Waals surface area contributed by atoms with Crippen LogP contribution < -0.4 is 22.1 Å². The molecule has 0 spiro atoms. The molecule has 1 unspecified atom stereocenters. The maximum Gasteiger partial charge on any atom is 0.255 e. The maximum absolute atomic E-state index is 12.5. The Morgan fingerprint density at radius 1 is 0.871 bits per heavy atom. The zero-order chi connectivity index (χ0) is 22.2. The molecule has 0 aromatic heterocycles. The molecule has 3 rings (SSSR count). The van der Waals surface area contributed by atoms with Gasteiger partial charge in [0.05, 0.1) is 5.69 Å². The molecule has 6 N–H and O–H groups in total. The van der Waals surface area contributed by atoms with Gasteiger partial charge < -0.3 is 22.1 Å². The number of hydrogen-bond acceptors (Lipinski definition) is 3. The summed E-state index contributed by atoms with van der Waals surface area (Å²) in [4.78, 5) is 28.7. The van der Waals surface area contributed by atoms with Gasteiger partial charge in [0.25, 0.3) is 11.8 Å². The van der Waals surface area contributed by atoms with Gasteiger partial charge >= 0.3 is 0 Å². The van der Waals surface area contributed by atoms with Gasteiger partial charge in [-0.2, -0.15) is 0 Å². The topological polar surface area (TPSA) is 123 Å². The molecule has 0 radical (unpaired) electrons. The van der Waals surface area contributed by atoms with Crippen molar-refractivity contribution in [3.8, 4) is 0 Å². The first-order valence-corrected chi connectivity index (χ1v) is 9.86. The number of rotatable bonds is 7. The Bertz CT molecular complexity index is 1070. The molecule has 3 aromatic carbocycles. The number of aliphatic imine (C=N–C) groups is 1. The fraction of sp³-hybridized carbons (Fsp3) is 0.125. The molecule has 7 heteroatoms. The van der Waals surface area contributed by atoms with Crippen LogP contribution in [0.1, 0.15) is 33.2 Å². The quantitative estimate of drug-likeness (QED) is 0.349. The number of hydrogen-bond donors (Lipinski definition) is 4. The van der Waals surface area contributed by atoms with Crippen LogP contribution in [0, 0.1) is 0 Å². The highest BCUT2D eigenvalue weighted by Crippen LogP contribution is 2.17. The van der Waals surface area contributed by atoms with Gasteiger partial charge in [-0.3, -0.25) is 9.59 Å². The van der Waals surface area contributed by atoms with Crippen LogP contribution >= 0.6 is 0 Å². The summed E-state index contributed by atoms with van der Waals surface area (Å²) in [6.45, 7) is 1.96. The Morgan fingerprint density at radius 2 is 1.55 bits per heavy atom. The molecule has 2 amide bonds. The molecule has 1 atom stereocenters. The van der Waals surface area contributed by atoms with Gasteiger partial charge in [-0.1, -0.05) is 36.4 Å². The van der Waals surface area contributed by atoms with Crippen molar-refractivity contribution in [3.05, 3.63) is 95.6 Å². The zero-order valence-corrected chi connectivity index (χ0v) is 17.2. The van der Waals surface area contributed by atoms with Crippen LogP contribution in [0.15, 0.2) is 83.9 Å². The highest BCUT2D eigenvalue weighted by Gasteiger charge is 2.11. The van der Waals surface area contributed by atoms with Crippen LogP contribution in [-0.4, -0.2) is 23.8 Å². The number of amides is 2. The second-order valence-corrected chi connectivity index (χ2v) is 7.18. The molecular weight excluding hydrogens is 390 g/mol. The third-order valence-electron chi connectivity index (χ3n) is 4.53. The van der Waals surface area contributed by atoms with Crippen LogP contribution in [0.25, 0.3) is 0 Å². The van der Waals surface area contributed by atoms with Crippen molar-refractivity contribution in [1.29, 1.82) is 0 Å². The zero-order valence-electron chi connectivity index (χ0n) is 17.2. The van der Waals surface area contributed by atoms with Crippen molar-refractivity contribution in [1.82, 2.24) is 5.32 Å². The molecule has 0 saturated heterocycles. The van der Waals surface area contributed by atoms with E-state index in [-0.39, 0.29) is 23.8 Å². The van der Waals surface area contributed by atoms with Gasteiger partial charge in [0.1, 0.15) is 0 Å². The van der Waals surface area contributed by atoms with E-state index in [0.717, 1.165) is 5.56 Å². The summed E-state index contributed by atoms with van der Waals surface area (Å²) in [5.41, 5.74) is 14.1. The Labute approximate surface area is 181 Å². The molecule has 0 heterocycles. The van der Waals surface area contributed by atoms with E-state index in [4.69, 9.17) is 11.5 Å². The molecule has 31 heavy (non-hydrogen) atoms. The normalized spacial score (nSPS) is 11.3. The lowest BCUT2D eigenvalue weighted by Crippen LogP contribution is -2.34. The molecule has 7 nitrogen and oxygen atoms in total. The monoisotopic (exact) mass is 415 g/mol. The molecule has 0 aliphatic rings. The van der Waals surface area contributed by atoms with Crippen LogP contribution in [0.5, 0.6) is 0 Å². The predicted molar refractivity (Wildman–Crippen MR) is 123 cm³/mol. The number of guanidine groups is 1. The average molecular weight is 415 g/mol. The fourth-order valence-electron chi connectivity index (χ4n) is 3.09. The lowest BCUT2D eigenvalue weighted by atomic mass is 10.1. The summed E-state index contributed by atoms with van der Waals surface area (Å²) in [7, 11) is 0. The fourth-order valence-corrected chi connectivity index (χ4v) is 3.09. The summed E-state index contributed by atoms with van der Waals surface area (Å²) in [6.07, 6.45) is 0.674. The number of carbonyl (C=O) groups is 2. The van der Waals surface area contributed by atoms with Gasteiger partial charge in [-0.25, -0.2) is 4.99 Å². The first-order valence-electron chi connectivity index (χ1n) is 9.86. The first-order chi connectivity index (χ1) is 14.9. The highest BCUT2D eigenvalue weighted by atomic mass is 16.2. The van der Waals surface area contributed by atoms with E-state index in [2.05, 4.69) is 15.6 Å². The minimum absolute atomic E-state index is 0.0357. The van der Waals surface area contributed by atoms with Crippen LogP contribution in [0.2, 0.25) is 0 Å². The number of nitrogens with zero attached hydrogens (tertiary/aromatic N) is 1. The summed E-state index contributed by atoms with van der Waals surface area (Å²) < 4.78 is 0. The van der Waals surface area contributed by atoms with Crippen LogP contribution in [0.3, 0.4) is 0 Å². The maximum atomic E-state index is 12.5. The van der Waals surface area contributed by atoms with Gasteiger partial charge in [0, 0.05) is 22.9 Å². The van der Waals surface area contributed by atoms with E-state index in [1.54, 1.807) is 36.4 Å². The number of anilines is 1. The minimum atomic E-state index is -0.260. The van der Waals surface area contributed by atoms with Crippen molar-refractivity contribution in [2.75, 3.05) is 5.32 Å². The Balaban J connectivity index is 1.57. The molecule has 0 bridgehead atoms. The second-order valence-electron chi connectivity index (χ2n) is 7.18. The largest absolute Gasteiger partial charge is 0.370 e. The highest BCUT2D eigenvalue weighted by molar-refractivity contribution is 6.04. The van der Waals surface area contributed by atoms with Crippen molar-refractivity contribution in [3.63, 3.8) is 0 Å². The van der Waals surface area contributed by atoms with Crippen molar-refractivity contribution in [2.24, 2.45) is 16.5 Å². The molecule has 0 fully saturated rings. The van der Waals surface area contributed by atoms with Crippen LogP contribution in [0.4, 0.5) is 11.4 Å². The van der Waals surface area contributed by atoms with Crippen molar-refractivity contribution >= 4 is 29.1 Å². The summed E-state index contributed by atoms with van der Waals surface area (Å²) in [5, 5.41) is 5.85. The number of nitrogens with one attached hydrogen (secondary N) is 2. The molecule has 158 valence electrons. The van der Waals surface area contributed by atoms with Crippen molar-refractivity contribution in [2.45, 2.75) is 19.4 Å². The van der Waals surface area contributed by atoms with Crippen molar-refractivity contribution < 1.29 is 9.59 Å². The standard InChI is InChI=1S/C24H25N5O2/c1-16(27-22(30)18-6-3-2-4-7-18)14-17-10-12-20(13-11-17)28-23(31)19-8-5-9-21(15-19)29-24(25)26/h2-13,15-16H,14H2,1H3,(H,27,30)(H,28,31)(H4,25,26,29). The number of nitrogens with two attached hydrogens (primary N) is 2. The summed E-state index contributed by atoms with van der Waals surface area (Å²) >= 11 is 0. The third kappa shape index (κ3) is 6.43. The van der Waals surface area contributed by atoms with Gasteiger partial charge in [0.2, 0.25) is 0 Å². The van der Waals surface area contributed by atoms with Gasteiger partial charge in [0.15, 0.2) is 5.96 Å². The van der Waals surface area contributed by atoms with Gasteiger partial charge in [-0.15, -0.1) is 0 Å². The van der Waals surface area contributed by atoms with Gasteiger partial charge in [-0.05, 0) is 61.4 Å². The van der Waals surface area contributed by atoms with E-state index >= 15 is 0 Å². The van der Waals surface area contributed by atoms with E-state index in [1.165, 1.54) is 0 Å². The van der Waals surface area contributed by atoms with Crippen LogP contribution in [-0.2, 0) is 6.42 Å². The second kappa shape index (κ2) is 10.1. The average Bonchev–Trinajstić information content (AvgIpc) is 2.75.